The first-order valence-electron chi connectivity index (χ1n) is 4.91. The van der Waals surface area contributed by atoms with Crippen LogP contribution in [0, 0.1) is 0 Å². The topological polar surface area (TPSA) is 73.3 Å². The van der Waals surface area contributed by atoms with Gasteiger partial charge in [0.1, 0.15) is 12.0 Å². The van der Waals surface area contributed by atoms with Crippen molar-refractivity contribution in [3.05, 3.63) is 36.7 Å². The van der Waals surface area contributed by atoms with E-state index in [1.165, 1.54) is 0 Å². The molecule has 1 atom stereocenters. The Balaban J connectivity index is 2.21. The zero-order valence-electron chi connectivity index (χ0n) is 8.87. The Morgan fingerprint density at radius 3 is 2.69 bits per heavy atom. The fourth-order valence-electron chi connectivity index (χ4n) is 1.33. The van der Waals surface area contributed by atoms with E-state index in [1.54, 1.807) is 48.3 Å². The van der Waals surface area contributed by atoms with Gasteiger partial charge in [-0.2, -0.15) is 5.10 Å². The third kappa shape index (κ3) is 2.32. The van der Waals surface area contributed by atoms with Crippen LogP contribution in [0.1, 0.15) is 6.92 Å². The summed E-state index contributed by atoms with van der Waals surface area (Å²) in [4.78, 5) is 0. The Morgan fingerprint density at radius 2 is 2.06 bits per heavy atom. The molecule has 0 radical (unpaired) electrons. The lowest BCUT2D eigenvalue weighted by Gasteiger charge is -2.05. The van der Waals surface area contributed by atoms with Crippen LogP contribution in [0.2, 0.25) is 0 Å². The highest BCUT2D eigenvalue weighted by Crippen LogP contribution is 2.16. The molecule has 0 saturated heterocycles. The molecule has 3 N–H and O–H groups in total. The van der Waals surface area contributed by atoms with Crippen molar-refractivity contribution < 1.29 is 9.84 Å². The maximum atomic E-state index is 9.16. The highest BCUT2D eigenvalue weighted by atomic mass is 16.5. The van der Waals surface area contributed by atoms with Crippen molar-refractivity contribution in [2.45, 2.75) is 13.2 Å². The van der Waals surface area contributed by atoms with Crippen molar-refractivity contribution in [3.8, 4) is 17.2 Å². The van der Waals surface area contributed by atoms with Crippen LogP contribution in [-0.2, 0) is 0 Å². The second-order valence-electron chi connectivity index (χ2n) is 3.46. The van der Waals surface area contributed by atoms with Gasteiger partial charge in [0.15, 0.2) is 5.75 Å². The Kier molecular flexibility index (Phi) is 2.78. The zero-order chi connectivity index (χ0) is 11.5. The van der Waals surface area contributed by atoms with E-state index in [0.717, 1.165) is 5.69 Å². The van der Waals surface area contributed by atoms with Gasteiger partial charge in [0.05, 0.1) is 18.1 Å². The molecule has 1 aromatic carbocycles. The fourth-order valence-corrected chi connectivity index (χ4v) is 1.33. The number of rotatable bonds is 3. The Bertz CT molecular complexity index is 462. The number of aromatic hydroxyl groups is 1. The van der Waals surface area contributed by atoms with E-state index in [9.17, 15) is 0 Å². The van der Waals surface area contributed by atoms with Gasteiger partial charge in [0, 0.05) is 0 Å². The lowest BCUT2D eigenvalue weighted by molar-refractivity contribution is 0.230. The largest absolute Gasteiger partial charge is 0.508 e. The van der Waals surface area contributed by atoms with Crippen molar-refractivity contribution in [1.29, 1.82) is 0 Å². The van der Waals surface area contributed by atoms with Crippen molar-refractivity contribution in [3.63, 3.8) is 0 Å². The molecule has 0 saturated carbocycles. The summed E-state index contributed by atoms with van der Waals surface area (Å²) < 4.78 is 6.94. The smallest absolute Gasteiger partial charge is 0.160 e. The lowest BCUT2D eigenvalue weighted by atomic mass is 10.3. The molecule has 84 valence electrons. The van der Waals surface area contributed by atoms with E-state index in [-0.39, 0.29) is 12.0 Å². The summed E-state index contributed by atoms with van der Waals surface area (Å²) in [6.45, 7) is 1.75. The number of benzene rings is 1. The molecule has 1 heterocycles. The molecule has 5 heteroatoms. The molecule has 2 aromatic rings. The SMILES string of the molecule is CC(N)Oc1cnn(-c2ccc(O)cc2)c1. The molecule has 0 aliphatic rings. The van der Waals surface area contributed by atoms with Crippen molar-refractivity contribution in [1.82, 2.24) is 9.78 Å². The summed E-state index contributed by atoms with van der Waals surface area (Å²) >= 11 is 0. The third-order valence-electron chi connectivity index (χ3n) is 2.00. The minimum Gasteiger partial charge on any atom is -0.508 e. The molecule has 0 bridgehead atoms. The van der Waals surface area contributed by atoms with Crippen molar-refractivity contribution in [2.75, 3.05) is 0 Å². The van der Waals surface area contributed by atoms with Gasteiger partial charge in [0.25, 0.3) is 0 Å². The first kappa shape index (κ1) is 10.5. The predicted octanol–water partition coefficient (Wildman–Crippen LogP) is 1.26. The maximum absolute atomic E-state index is 9.16. The van der Waals surface area contributed by atoms with E-state index < -0.39 is 0 Å². The van der Waals surface area contributed by atoms with E-state index >= 15 is 0 Å². The number of aromatic nitrogens is 2. The van der Waals surface area contributed by atoms with Gasteiger partial charge in [-0.15, -0.1) is 0 Å². The molecule has 0 aliphatic heterocycles. The molecule has 1 unspecified atom stereocenters. The predicted molar refractivity (Wildman–Crippen MR) is 59.5 cm³/mol. The number of nitrogens with zero attached hydrogens (tertiary/aromatic N) is 2. The van der Waals surface area contributed by atoms with Gasteiger partial charge in [0.2, 0.25) is 0 Å². The number of ether oxygens (including phenoxy) is 1. The van der Waals surface area contributed by atoms with Gasteiger partial charge in [-0.1, -0.05) is 0 Å². The number of phenols is 1. The standard InChI is InChI=1S/C11H13N3O2/c1-8(12)16-11-6-13-14(7-11)9-2-4-10(15)5-3-9/h2-8,15H,12H2,1H3. The molecule has 2 rings (SSSR count). The quantitative estimate of drug-likeness (QED) is 0.762. The highest BCUT2D eigenvalue weighted by Gasteiger charge is 2.03. The summed E-state index contributed by atoms with van der Waals surface area (Å²) in [6.07, 6.45) is 2.96. The zero-order valence-corrected chi connectivity index (χ0v) is 8.87. The molecule has 0 amide bonds. The summed E-state index contributed by atoms with van der Waals surface area (Å²) in [7, 11) is 0. The second kappa shape index (κ2) is 4.24. The first-order chi connectivity index (χ1) is 7.65. The van der Waals surface area contributed by atoms with Gasteiger partial charge in [-0.25, -0.2) is 4.68 Å². The first-order valence-corrected chi connectivity index (χ1v) is 4.91. The number of nitrogens with two attached hydrogens (primary N) is 1. The summed E-state index contributed by atoms with van der Waals surface area (Å²) in [5, 5.41) is 13.3. The molecule has 16 heavy (non-hydrogen) atoms. The monoisotopic (exact) mass is 219 g/mol. The normalized spacial score (nSPS) is 12.4. The molecule has 0 spiro atoms. The van der Waals surface area contributed by atoms with E-state index in [1.807, 2.05) is 0 Å². The Labute approximate surface area is 93.1 Å². The van der Waals surface area contributed by atoms with Crippen LogP contribution >= 0.6 is 0 Å². The highest BCUT2D eigenvalue weighted by molar-refractivity contribution is 5.37. The molecular weight excluding hydrogens is 206 g/mol. The number of hydrogen-bond acceptors (Lipinski definition) is 4. The molecule has 0 fully saturated rings. The van der Waals surface area contributed by atoms with E-state index in [4.69, 9.17) is 15.6 Å². The van der Waals surface area contributed by atoms with Gasteiger partial charge < -0.3 is 9.84 Å². The lowest BCUT2D eigenvalue weighted by Crippen LogP contribution is -2.22. The summed E-state index contributed by atoms with van der Waals surface area (Å²) in [5.41, 5.74) is 6.34. The van der Waals surface area contributed by atoms with Crippen LogP contribution < -0.4 is 10.5 Å². The maximum Gasteiger partial charge on any atom is 0.160 e. The van der Waals surface area contributed by atoms with Gasteiger partial charge >= 0.3 is 0 Å². The van der Waals surface area contributed by atoms with E-state index in [0.29, 0.717) is 5.75 Å². The number of phenolic OH excluding ortho intramolecular Hbond substituents is 1. The molecule has 0 aliphatic carbocycles. The minimum absolute atomic E-state index is 0.225. The van der Waals surface area contributed by atoms with Crippen LogP contribution in [0.4, 0.5) is 0 Å². The van der Waals surface area contributed by atoms with Crippen LogP contribution in [-0.4, -0.2) is 21.1 Å². The van der Waals surface area contributed by atoms with Gasteiger partial charge in [-0.05, 0) is 31.2 Å². The fraction of sp³-hybridized carbons (Fsp3) is 0.182. The molecular formula is C11H13N3O2. The molecule has 5 nitrogen and oxygen atoms in total. The van der Waals surface area contributed by atoms with Gasteiger partial charge in [-0.3, -0.25) is 5.73 Å². The van der Waals surface area contributed by atoms with Crippen LogP contribution in [0.15, 0.2) is 36.7 Å². The molecule has 1 aromatic heterocycles. The van der Waals surface area contributed by atoms with Crippen molar-refractivity contribution in [2.24, 2.45) is 5.73 Å². The summed E-state index contributed by atoms with van der Waals surface area (Å²) in [6, 6.07) is 6.72. The second-order valence-corrected chi connectivity index (χ2v) is 3.46. The average molecular weight is 219 g/mol. The van der Waals surface area contributed by atoms with Crippen LogP contribution in [0.25, 0.3) is 5.69 Å². The van der Waals surface area contributed by atoms with Crippen LogP contribution in [0.5, 0.6) is 11.5 Å². The number of hydrogen-bond donors (Lipinski definition) is 2. The Morgan fingerprint density at radius 1 is 1.38 bits per heavy atom. The summed E-state index contributed by atoms with van der Waals surface area (Å²) in [5.74, 6) is 0.839. The minimum atomic E-state index is -0.363. The van der Waals surface area contributed by atoms with E-state index in [2.05, 4.69) is 5.10 Å². The van der Waals surface area contributed by atoms with Crippen LogP contribution in [0.3, 0.4) is 0 Å². The van der Waals surface area contributed by atoms with Crippen molar-refractivity contribution >= 4 is 0 Å². The Hall–Kier alpha value is -2.01. The third-order valence-corrected chi connectivity index (χ3v) is 2.00. The average Bonchev–Trinajstić information content (AvgIpc) is 2.66.